The number of nitrogens with one attached hydrogen (secondary N) is 1. The Labute approximate surface area is 111 Å². The SMILES string of the molecule is Oc1ccc(F)cc1CNC1CC1c1ccccc1. The zero-order valence-electron chi connectivity index (χ0n) is 10.5. The van der Waals surface area contributed by atoms with Crippen molar-refractivity contribution >= 4 is 0 Å². The highest BCUT2D eigenvalue weighted by Gasteiger charge is 2.37. The van der Waals surface area contributed by atoms with Crippen molar-refractivity contribution in [3.8, 4) is 5.75 Å². The van der Waals surface area contributed by atoms with Crippen LogP contribution < -0.4 is 5.32 Å². The van der Waals surface area contributed by atoms with Gasteiger partial charge in [-0.2, -0.15) is 0 Å². The van der Waals surface area contributed by atoms with Gasteiger partial charge in [0.1, 0.15) is 11.6 Å². The summed E-state index contributed by atoms with van der Waals surface area (Å²) in [5.74, 6) is 0.368. The Hall–Kier alpha value is -1.87. The van der Waals surface area contributed by atoms with Crippen molar-refractivity contribution in [3.05, 3.63) is 65.5 Å². The van der Waals surface area contributed by atoms with Crippen LogP contribution in [0.5, 0.6) is 5.75 Å². The van der Waals surface area contributed by atoms with Gasteiger partial charge < -0.3 is 10.4 Å². The van der Waals surface area contributed by atoms with Crippen LogP contribution in [0, 0.1) is 5.82 Å². The molecule has 2 N–H and O–H groups in total. The molecule has 3 heteroatoms. The third kappa shape index (κ3) is 2.76. The molecule has 0 aliphatic heterocycles. The van der Waals surface area contributed by atoms with Crippen LogP contribution in [0.15, 0.2) is 48.5 Å². The van der Waals surface area contributed by atoms with Crippen LogP contribution in [0.3, 0.4) is 0 Å². The van der Waals surface area contributed by atoms with Gasteiger partial charge in [0.25, 0.3) is 0 Å². The summed E-state index contributed by atoms with van der Waals surface area (Å²) in [6.07, 6.45) is 1.10. The monoisotopic (exact) mass is 257 g/mol. The van der Waals surface area contributed by atoms with Crippen LogP contribution in [0.25, 0.3) is 0 Å². The predicted octanol–water partition coefficient (Wildman–Crippen LogP) is 3.18. The third-order valence-electron chi connectivity index (χ3n) is 3.61. The van der Waals surface area contributed by atoms with E-state index in [-0.39, 0.29) is 11.6 Å². The summed E-state index contributed by atoms with van der Waals surface area (Å²) in [6.45, 7) is 0.498. The van der Waals surface area contributed by atoms with Gasteiger partial charge >= 0.3 is 0 Å². The van der Waals surface area contributed by atoms with Gasteiger partial charge in [-0.25, -0.2) is 4.39 Å². The molecular formula is C16H16FNO. The molecule has 1 fully saturated rings. The Bertz CT molecular complexity index is 570. The quantitative estimate of drug-likeness (QED) is 0.881. The van der Waals surface area contributed by atoms with Crippen molar-refractivity contribution < 1.29 is 9.50 Å². The molecule has 2 atom stereocenters. The molecule has 2 unspecified atom stereocenters. The summed E-state index contributed by atoms with van der Waals surface area (Å²) < 4.78 is 13.1. The number of phenols is 1. The molecular weight excluding hydrogens is 241 g/mol. The number of phenolic OH excluding ortho intramolecular Hbond substituents is 1. The number of benzene rings is 2. The molecule has 0 amide bonds. The molecule has 1 aliphatic rings. The first-order valence-electron chi connectivity index (χ1n) is 6.50. The number of hydrogen-bond acceptors (Lipinski definition) is 2. The molecule has 1 saturated carbocycles. The molecule has 0 saturated heterocycles. The van der Waals surface area contributed by atoms with E-state index in [2.05, 4.69) is 17.4 Å². The Morgan fingerprint density at radius 2 is 1.95 bits per heavy atom. The van der Waals surface area contributed by atoms with Crippen LogP contribution in [0.4, 0.5) is 4.39 Å². The summed E-state index contributed by atoms with van der Waals surface area (Å²) in [5, 5.41) is 13.0. The largest absolute Gasteiger partial charge is 0.508 e. The average Bonchev–Trinajstić information content (AvgIpc) is 3.20. The first-order valence-corrected chi connectivity index (χ1v) is 6.50. The van der Waals surface area contributed by atoms with Gasteiger partial charge in [0.05, 0.1) is 0 Å². The number of halogens is 1. The van der Waals surface area contributed by atoms with E-state index in [0.717, 1.165) is 6.42 Å². The van der Waals surface area contributed by atoms with E-state index >= 15 is 0 Å². The van der Waals surface area contributed by atoms with Crippen LogP contribution >= 0.6 is 0 Å². The van der Waals surface area contributed by atoms with Gasteiger partial charge in [-0.05, 0) is 30.2 Å². The van der Waals surface area contributed by atoms with Crippen molar-refractivity contribution in [2.24, 2.45) is 0 Å². The van der Waals surface area contributed by atoms with Crippen LogP contribution in [0.2, 0.25) is 0 Å². The standard InChI is InChI=1S/C16H16FNO/c17-13-6-7-16(19)12(8-13)10-18-15-9-14(15)11-4-2-1-3-5-11/h1-8,14-15,18-19H,9-10H2. The molecule has 0 radical (unpaired) electrons. The maximum atomic E-state index is 13.1. The lowest BCUT2D eigenvalue weighted by Gasteiger charge is -2.07. The average molecular weight is 257 g/mol. The molecule has 2 aromatic rings. The number of hydrogen-bond donors (Lipinski definition) is 2. The van der Waals surface area contributed by atoms with E-state index in [0.29, 0.717) is 24.1 Å². The highest BCUT2D eigenvalue weighted by atomic mass is 19.1. The Balaban J connectivity index is 1.59. The summed E-state index contributed by atoms with van der Waals surface area (Å²) in [6, 6.07) is 14.8. The minimum atomic E-state index is -0.315. The summed E-state index contributed by atoms with van der Waals surface area (Å²) in [7, 11) is 0. The minimum absolute atomic E-state index is 0.144. The fraction of sp³-hybridized carbons (Fsp3) is 0.250. The minimum Gasteiger partial charge on any atom is -0.508 e. The molecule has 0 spiro atoms. The smallest absolute Gasteiger partial charge is 0.123 e. The normalized spacial score (nSPS) is 21.3. The van der Waals surface area contributed by atoms with Crippen LogP contribution in [0.1, 0.15) is 23.5 Å². The lowest BCUT2D eigenvalue weighted by atomic mass is 10.1. The Morgan fingerprint density at radius 1 is 1.16 bits per heavy atom. The Morgan fingerprint density at radius 3 is 2.74 bits per heavy atom. The number of aromatic hydroxyl groups is 1. The van der Waals surface area contributed by atoms with E-state index in [1.165, 1.54) is 23.8 Å². The second-order valence-corrected chi connectivity index (χ2v) is 5.01. The van der Waals surface area contributed by atoms with E-state index < -0.39 is 0 Å². The molecule has 19 heavy (non-hydrogen) atoms. The fourth-order valence-corrected chi connectivity index (χ4v) is 2.43. The summed E-state index contributed by atoms with van der Waals surface area (Å²) >= 11 is 0. The second kappa shape index (κ2) is 5.02. The molecule has 1 aliphatic carbocycles. The summed E-state index contributed by atoms with van der Waals surface area (Å²) in [4.78, 5) is 0. The molecule has 0 heterocycles. The van der Waals surface area contributed by atoms with Crippen LogP contribution in [-0.2, 0) is 6.54 Å². The third-order valence-corrected chi connectivity index (χ3v) is 3.61. The van der Waals surface area contributed by atoms with E-state index in [1.54, 1.807) is 0 Å². The zero-order chi connectivity index (χ0) is 13.2. The van der Waals surface area contributed by atoms with Crippen molar-refractivity contribution in [1.82, 2.24) is 5.32 Å². The molecule has 98 valence electrons. The fourth-order valence-electron chi connectivity index (χ4n) is 2.43. The maximum Gasteiger partial charge on any atom is 0.123 e. The van der Waals surface area contributed by atoms with E-state index in [4.69, 9.17) is 0 Å². The van der Waals surface area contributed by atoms with Crippen molar-refractivity contribution in [3.63, 3.8) is 0 Å². The van der Waals surface area contributed by atoms with E-state index in [9.17, 15) is 9.50 Å². The van der Waals surface area contributed by atoms with Gasteiger partial charge in [0.15, 0.2) is 0 Å². The highest BCUT2D eigenvalue weighted by molar-refractivity contribution is 5.33. The molecule has 0 aromatic heterocycles. The first kappa shape index (κ1) is 12.2. The van der Waals surface area contributed by atoms with Crippen LogP contribution in [-0.4, -0.2) is 11.1 Å². The van der Waals surface area contributed by atoms with Crippen molar-refractivity contribution in [2.75, 3.05) is 0 Å². The lowest BCUT2D eigenvalue weighted by molar-refractivity contribution is 0.461. The van der Waals surface area contributed by atoms with Gasteiger partial charge in [0, 0.05) is 24.1 Å². The maximum absolute atomic E-state index is 13.1. The van der Waals surface area contributed by atoms with Gasteiger partial charge in [0.2, 0.25) is 0 Å². The lowest BCUT2D eigenvalue weighted by Crippen LogP contribution is -2.17. The van der Waals surface area contributed by atoms with Gasteiger partial charge in [-0.15, -0.1) is 0 Å². The zero-order valence-corrected chi connectivity index (χ0v) is 10.5. The Kier molecular flexibility index (Phi) is 3.22. The topological polar surface area (TPSA) is 32.3 Å². The molecule has 3 rings (SSSR count). The van der Waals surface area contributed by atoms with Gasteiger partial charge in [-0.1, -0.05) is 30.3 Å². The van der Waals surface area contributed by atoms with Crippen molar-refractivity contribution in [2.45, 2.75) is 24.9 Å². The predicted molar refractivity (Wildman–Crippen MR) is 72.5 cm³/mol. The van der Waals surface area contributed by atoms with E-state index in [1.807, 2.05) is 18.2 Å². The number of rotatable bonds is 4. The van der Waals surface area contributed by atoms with Crippen molar-refractivity contribution in [1.29, 1.82) is 0 Å². The second-order valence-electron chi connectivity index (χ2n) is 5.01. The molecule has 2 nitrogen and oxygen atoms in total. The summed E-state index contributed by atoms with van der Waals surface area (Å²) in [5.41, 5.74) is 1.95. The van der Waals surface area contributed by atoms with Gasteiger partial charge in [-0.3, -0.25) is 0 Å². The first-order chi connectivity index (χ1) is 9.24. The highest BCUT2D eigenvalue weighted by Crippen LogP contribution is 2.40. The molecule has 2 aromatic carbocycles. The molecule has 0 bridgehead atoms.